The minimum absolute atomic E-state index is 0.0365. The van der Waals surface area contributed by atoms with Gasteiger partial charge in [0.15, 0.2) is 0 Å². The summed E-state index contributed by atoms with van der Waals surface area (Å²) in [6.45, 7) is 0.789. The lowest BCUT2D eigenvalue weighted by atomic mass is 10.1. The highest BCUT2D eigenvalue weighted by Gasteiger charge is 1.96. The Morgan fingerprint density at radius 3 is 2.59 bits per heavy atom. The highest BCUT2D eigenvalue weighted by Crippen LogP contribution is 2.14. The predicted molar refractivity (Wildman–Crippen MR) is 66.8 cm³/mol. The molecule has 0 atom stereocenters. The first-order valence-corrected chi connectivity index (χ1v) is 6.17. The predicted octanol–water partition coefficient (Wildman–Crippen LogP) is 1.65. The lowest BCUT2D eigenvalue weighted by molar-refractivity contribution is -0.304. The number of carbonyl (C=O) groups excluding carboxylic acids is 1. The smallest absolute Gasteiger partial charge is 0.0494 e. The molecule has 17 heavy (non-hydrogen) atoms. The first-order chi connectivity index (χ1) is 8.24. The van der Waals surface area contributed by atoms with Gasteiger partial charge in [-0.05, 0) is 29.1 Å². The molecule has 1 heterocycles. The van der Waals surface area contributed by atoms with Gasteiger partial charge in [-0.15, -0.1) is 11.3 Å². The minimum atomic E-state index is -1.05. The molecule has 88 valence electrons. The van der Waals surface area contributed by atoms with Crippen molar-refractivity contribution in [2.24, 2.45) is 0 Å². The van der Waals surface area contributed by atoms with Gasteiger partial charge in [0.05, 0.1) is 0 Å². The molecule has 0 saturated carbocycles. The molecule has 0 fully saturated rings. The Bertz CT molecular complexity index is 477. The second-order valence-electron chi connectivity index (χ2n) is 3.68. The number of nitrogens with one attached hydrogen (secondary N) is 1. The molecule has 0 bridgehead atoms. The Hall–Kier alpha value is -1.81. The van der Waals surface area contributed by atoms with Crippen molar-refractivity contribution in [1.82, 2.24) is 0 Å². The summed E-state index contributed by atoms with van der Waals surface area (Å²) in [5.74, 6) is -1.05. The van der Waals surface area contributed by atoms with Gasteiger partial charge in [0.1, 0.15) is 0 Å². The molecule has 0 amide bonds. The Kier molecular flexibility index (Phi) is 3.77. The molecule has 1 aromatic heterocycles. The van der Waals surface area contributed by atoms with E-state index in [0.717, 1.165) is 17.8 Å². The van der Waals surface area contributed by atoms with Crippen molar-refractivity contribution in [3.8, 4) is 0 Å². The van der Waals surface area contributed by atoms with E-state index in [1.807, 2.05) is 23.6 Å². The van der Waals surface area contributed by atoms with Gasteiger partial charge in [0, 0.05) is 29.5 Å². The first kappa shape index (κ1) is 11.7. The molecule has 4 heteroatoms. The van der Waals surface area contributed by atoms with E-state index in [1.165, 1.54) is 4.88 Å². The highest BCUT2D eigenvalue weighted by molar-refractivity contribution is 7.09. The fourth-order valence-electron chi connectivity index (χ4n) is 1.51. The number of rotatable bonds is 5. The van der Waals surface area contributed by atoms with E-state index in [1.54, 1.807) is 23.5 Å². The number of carbonyl (C=O) groups is 1. The molecule has 1 aromatic carbocycles. The molecule has 0 aliphatic rings. The Morgan fingerprint density at radius 1 is 1.24 bits per heavy atom. The van der Waals surface area contributed by atoms with Crippen LogP contribution in [0, 0.1) is 0 Å². The summed E-state index contributed by atoms with van der Waals surface area (Å²) in [5.41, 5.74) is 1.74. The summed E-state index contributed by atoms with van der Waals surface area (Å²) in [7, 11) is 0. The number of benzene rings is 1. The molecular weight excluding hydrogens is 234 g/mol. The van der Waals surface area contributed by atoms with Gasteiger partial charge >= 0.3 is 0 Å². The molecule has 0 saturated heterocycles. The monoisotopic (exact) mass is 246 g/mol. The molecule has 0 aliphatic heterocycles. The van der Waals surface area contributed by atoms with Gasteiger partial charge in [-0.3, -0.25) is 0 Å². The molecule has 3 nitrogen and oxygen atoms in total. The van der Waals surface area contributed by atoms with Crippen LogP contribution in [0.3, 0.4) is 0 Å². The average molecular weight is 246 g/mol. The van der Waals surface area contributed by atoms with Gasteiger partial charge in [-0.2, -0.15) is 0 Å². The van der Waals surface area contributed by atoms with Crippen LogP contribution in [-0.4, -0.2) is 5.97 Å². The van der Waals surface area contributed by atoms with E-state index in [0.29, 0.717) is 0 Å². The zero-order valence-corrected chi connectivity index (χ0v) is 10.00. The van der Waals surface area contributed by atoms with Gasteiger partial charge in [-0.1, -0.05) is 18.2 Å². The summed E-state index contributed by atoms with van der Waals surface area (Å²) in [5, 5.41) is 15.7. The van der Waals surface area contributed by atoms with Crippen molar-refractivity contribution >= 4 is 23.0 Å². The summed E-state index contributed by atoms with van der Waals surface area (Å²) in [4.78, 5) is 11.7. The van der Waals surface area contributed by atoms with Crippen molar-refractivity contribution in [1.29, 1.82) is 0 Å². The van der Waals surface area contributed by atoms with Gasteiger partial charge in [-0.25, -0.2) is 0 Å². The van der Waals surface area contributed by atoms with Crippen molar-refractivity contribution in [3.05, 3.63) is 52.2 Å². The van der Waals surface area contributed by atoms with E-state index >= 15 is 0 Å². The van der Waals surface area contributed by atoms with Crippen LogP contribution in [0.2, 0.25) is 0 Å². The molecule has 0 radical (unpaired) electrons. The van der Waals surface area contributed by atoms with Crippen molar-refractivity contribution < 1.29 is 9.90 Å². The number of thiophene rings is 1. The highest BCUT2D eigenvalue weighted by atomic mass is 32.1. The SMILES string of the molecule is O=C([O-])Cc1ccc(NCc2cccs2)cc1. The standard InChI is InChI=1S/C13H13NO2S/c15-13(16)8-10-3-5-11(6-4-10)14-9-12-2-1-7-17-12/h1-7,14H,8-9H2,(H,15,16)/p-1. The third kappa shape index (κ3) is 3.60. The van der Waals surface area contributed by atoms with Crippen LogP contribution in [0.5, 0.6) is 0 Å². The van der Waals surface area contributed by atoms with Crippen molar-refractivity contribution in [2.45, 2.75) is 13.0 Å². The fraction of sp³-hybridized carbons (Fsp3) is 0.154. The number of carboxylic acids is 1. The molecule has 2 rings (SSSR count). The second kappa shape index (κ2) is 5.50. The van der Waals surface area contributed by atoms with Crippen LogP contribution in [0.4, 0.5) is 5.69 Å². The van der Waals surface area contributed by atoms with Crippen LogP contribution in [0.15, 0.2) is 41.8 Å². The number of hydrogen-bond acceptors (Lipinski definition) is 4. The third-order valence-corrected chi connectivity index (χ3v) is 3.23. The zero-order valence-electron chi connectivity index (χ0n) is 9.18. The number of aliphatic carboxylic acids is 1. The average Bonchev–Trinajstić information content (AvgIpc) is 2.80. The summed E-state index contributed by atoms with van der Waals surface area (Å²) < 4.78 is 0. The number of anilines is 1. The Labute approximate surface area is 104 Å². The molecule has 2 aromatic rings. The molecular formula is C13H12NO2S-. The second-order valence-corrected chi connectivity index (χ2v) is 4.71. The van der Waals surface area contributed by atoms with E-state index in [-0.39, 0.29) is 6.42 Å². The maximum absolute atomic E-state index is 10.4. The van der Waals surface area contributed by atoms with Gasteiger partial charge in [0.2, 0.25) is 0 Å². The summed E-state index contributed by atoms with van der Waals surface area (Å²) in [6, 6.07) is 11.4. The van der Waals surface area contributed by atoms with Gasteiger partial charge in [0.25, 0.3) is 0 Å². The maximum Gasteiger partial charge on any atom is 0.0494 e. The largest absolute Gasteiger partial charge is 0.550 e. The topological polar surface area (TPSA) is 52.2 Å². The fourth-order valence-corrected chi connectivity index (χ4v) is 2.15. The summed E-state index contributed by atoms with van der Waals surface area (Å²) in [6.07, 6.45) is -0.0365. The number of carboxylic acid groups (broad SMARTS) is 1. The Balaban J connectivity index is 1.91. The molecule has 1 N–H and O–H groups in total. The first-order valence-electron chi connectivity index (χ1n) is 5.29. The summed E-state index contributed by atoms with van der Waals surface area (Å²) >= 11 is 1.71. The lowest BCUT2D eigenvalue weighted by Crippen LogP contribution is -2.24. The molecule has 0 spiro atoms. The van der Waals surface area contributed by atoms with E-state index in [2.05, 4.69) is 11.4 Å². The number of hydrogen-bond donors (Lipinski definition) is 1. The van der Waals surface area contributed by atoms with Gasteiger partial charge < -0.3 is 15.2 Å². The lowest BCUT2D eigenvalue weighted by Gasteiger charge is -2.07. The van der Waals surface area contributed by atoms with Crippen molar-refractivity contribution in [3.63, 3.8) is 0 Å². The van der Waals surface area contributed by atoms with E-state index in [4.69, 9.17) is 0 Å². The normalized spacial score (nSPS) is 10.1. The van der Waals surface area contributed by atoms with Crippen LogP contribution in [0.25, 0.3) is 0 Å². The molecule has 0 aliphatic carbocycles. The minimum Gasteiger partial charge on any atom is -0.550 e. The zero-order chi connectivity index (χ0) is 12.1. The van der Waals surface area contributed by atoms with Crippen molar-refractivity contribution in [2.75, 3.05) is 5.32 Å². The third-order valence-electron chi connectivity index (χ3n) is 2.35. The quantitative estimate of drug-likeness (QED) is 0.872. The maximum atomic E-state index is 10.4. The van der Waals surface area contributed by atoms with Crippen LogP contribution < -0.4 is 10.4 Å². The van der Waals surface area contributed by atoms with Crippen LogP contribution in [-0.2, 0) is 17.8 Å². The van der Waals surface area contributed by atoms with E-state index in [9.17, 15) is 9.90 Å². The molecule has 0 unspecified atom stereocenters. The Morgan fingerprint density at radius 2 is 2.00 bits per heavy atom. The van der Waals surface area contributed by atoms with E-state index < -0.39 is 5.97 Å². The van der Waals surface area contributed by atoms with Crippen LogP contribution >= 0.6 is 11.3 Å². The van der Waals surface area contributed by atoms with Crippen LogP contribution in [0.1, 0.15) is 10.4 Å².